The van der Waals surface area contributed by atoms with Crippen molar-refractivity contribution in [2.24, 2.45) is 0 Å². The highest BCUT2D eigenvalue weighted by atomic mass is 32.1. The minimum Gasteiger partial charge on any atom is -0.304 e. The van der Waals surface area contributed by atoms with E-state index in [0.717, 1.165) is 18.7 Å². The van der Waals surface area contributed by atoms with Gasteiger partial charge in [-0.3, -0.25) is 0 Å². The SMILES string of the molecule is Cc1ncsc1CNC(Cc1cccs1)c1cccs1. The minimum atomic E-state index is 0.384. The molecule has 1 atom stereocenters. The van der Waals surface area contributed by atoms with Crippen molar-refractivity contribution in [3.05, 3.63) is 60.9 Å². The molecule has 0 radical (unpaired) electrons. The number of thiazole rings is 1. The summed E-state index contributed by atoms with van der Waals surface area (Å²) in [7, 11) is 0. The van der Waals surface area contributed by atoms with E-state index in [4.69, 9.17) is 0 Å². The predicted molar refractivity (Wildman–Crippen MR) is 88.8 cm³/mol. The second kappa shape index (κ2) is 6.63. The smallest absolute Gasteiger partial charge is 0.0798 e. The lowest BCUT2D eigenvalue weighted by atomic mass is 10.1. The topological polar surface area (TPSA) is 24.9 Å². The Kier molecular flexibility index (Phi) is 4.62. The maximum Gasteiger partial charge on any atom is 0.0798 e. The zero-order chi connectivity index (χ0) is 13.8. The Hall–Kier alpha value is -1.01. The van der Waals surface area contributed by atoms with Crippen LogP contribution in [-0.4, -0.2) is 4.98 Å². The van der Waals surface area contributed by atoms with Gasteiger partial charge in [0.1, 0.15) is 0 Å². The summed E-state index contributed by atoms with van der Waals surface area (Å²) in [6, 6.07) is 9.07. The predicted octanol–water partition coefficient (Wildman–Crippen LogP) is 4.65. The van der Waals surface area contributed by atoms with E-state index in [0.29, 0.717) is 6.04 Å². The number of nitrogens with zero attached hydrogens (tertiary/aromatic N) is 1. The van der Waals surface area contributed by atoms with Crippen molar-refractivity contribution in [3.63, 3.8) is 0 Å². The number of nitrogens with one attached hydrogen (secondary N) is 1. The first kappa shape index (κ1) is 13.9. The van der Waals surface area contributed by atoms with Gasteiger partial charge in [-0.25, -0.2) is 4.98 Å². The van der Waals surface area contributed by atoms with E-state index in [9.17, 15) is 0 Å². The van der Waals surface area contributed by atoms with E-state index in [1.54, 1.807) is 11.3 Å². The molecular weight excluding hydrogens is 304 g/mol. The van der Waals surface area contributed by atoms with Gasteiger partial charge in [0.2, 0.25) is 0 Å². The van der Waals surface area contributed by atoms with Gasteiger partial charge in [0.15, 0.2) is 0 Å². The molecular formula is C15H16N2S3. The molecule has 104 valence electrons. The van der Waals surface area contributed by atoms with Crippen LogP contribution in [0, 0.1) is 6.92 Å². The molecule has 3 heterocycles. The molecule has 3 aromatic heterocycles. The van der Waals surface area contributed by atoms with Gasteiger partial charge in [-0.15, -0.1) is 34.0 Å². The van der Waals surface area contributed by atoms with Gasteiger partial charge < -0.3 is 5.32 Å². The fourth-order valence-corrected chi connectivity index (χ4v) is 4.39. The summed E-state index contributed by atoms with van der Waals surface area (Å²) in [5.74, 6) is 0. The van der Waals surface area contributed by atoms with Gasteiger partial charge in [0.25, 0.3) is 0 Å². The van der Waals surface area contributed by atoms with Crippen molar-refractivity contribution in [3.8, 4) is 0 Å². The van der Waals surface area contributed by atoms with Gasteiger partial charge in [0, 0.05) is 33.6 Å². The molecule has 3 rings (SSSR count). The van der Waals surface area contributed by atoms with E-state index in [1.807, 2.05) is 28.2 Å². The highest BCUT2D eigenvalue weighted by Crippen LogP contribution is 2.26. The normalized spacial score (nSPS) is 12.7. The third kappa shape index (κ3) is 3.35. The molecule has 20 heavy (non-hydrogen) atoms. The number of aromatic nitrogens is 1. The van der Waals surface area contributed by atoms with Gasteiger partial charge in [-0.1, -0.05) is 12.1 Å². The van der Waals surface area contributed by atoms with Gasteiger partial charge in [-0.2, -0.15) is 0 Å². The molecule has 0 fully saturated rings. The molecule has 0 aliphatic carbocycles. The molecule has 0 saturated carbocycles. The van der Waals surface area contributed by atoms with Crippen molar-refractivity contribution in [2.75, 3.05) is 0 Å². The Morgan fingerprint density at radius 2 is 2.00 bits per heavy atom. The third-order valence-electron chi connectivity index (χ3n) is 3.23. The van der Waals surface area contributed by atoms with Crippen LogP contribution >= 0.6 is 34.0 Å². The third-order valence-corrected chi connectivity index (χ3v) is 6.05. The van der Waals surface area contributed by atoms with Crippen molar-refractivity contribution in [1.82, 2.24) is 10.3 Å². The van der Waals surface area contributed by atoms with Crippen LogP contribution in [0.4, 0.5) is 0 Å². The number of rotatable bonds is 6. The van der Waals surface area contributed by atoms with Crippen molar-refractivity contribution in [1.29, 1.82) is 0 Å². The average Bonchev–Trinajstić information content (AvgIpc) is 3.18. The Bertz CT molecular complexity index is 626. The fraction of sp³-hybridized carbons (Fsp3) is 0.267. The Morgan fingerprint density at radius 1 is 1.15 bits per heavy atom. The van der Waals surface area contributed by atoms with Gasteiger partial charge in [0.05, 0.1) is 11.2 Å². The summed E-state index contributed by atoms with van der Waals surface area (Å²) in [5, 5.41) is 7.99. The number of hydrogen-bond acceptors (Lipinski definition) is 5. The molecule has 0 aliphatic rings. The molecule has 5 heteroatoms. The van der Waals surface area contributed by atoms with Crippen LogP contribution in [0.3, 0.4) is 0 Å². The maximum atomic E-state index is 4.32. The first-order valence-corrected chi connectivity index (χ1v) is 9.15. The number of hydrogen-bond donors (Lipinski definition) is 1. The highest BCUT2D eigenvalue weighted by Gasteiger charge is 2.14. The molecule has 1 N–H and O–H groups in total. The molecule has 2 nitrogen and oxygen atoms in total. The zero-order valence-corrected chi connectivity index (χ0v) is 13.7. The lowest BCUT2D eigenvalue weighted by Crippen LogP contribution is -2.21. The minimum absolute atomic E-state index is 0.384. The van der Waals surface area contributed by atoms with Crippen LogP contribution in [0.1, 0.15) is 26.4 Å². The first-order valence-electron chi connectivity index (χ1n) is 6.51. The summed E-state index contributed by atoms with van der Waals surface area (Å²) >= 11 is 5.38. The number of aryl methyl sites for hydroxylation is 1. The summed E-state index contributed by atoms with van der Waals surface area (Å²) in [4.78, 5) is 8.48. The van der Waals surface area contributed by atoms with Crippen LogP contribution in [0.25, 0.3) is 0 Å². The molecule has 1 unspecified atom stereocenters. The molecule has 3 aromatic rings. The van der Waals surface area contributed by atoms with Crippen molar-refractivity contribution in [2.45, 2.75) is 25.9 Å². The first-order chi connectivity index (χ1) is 9.83. The van der Waals surface area contributed by atoms with Gasteiger partial charge in [-0.05, 0) is 29.8 Å². The standard InChI is InChI=1S/C15H16N2S3/c1-11-15(20-10-17-11)9-16-13(14-5-3-7-19-14)8-12-4-2-6-18-12/h2-7,10,13,16H,8-9H2,1H3. The van der Waals surface area contributed by atoms with Gasteiger partial charge >= 0.3 is 0 Å². The quantitative estimate of drug-likeness (QED) is 0.715. The molecule has 0 bridgehead atoms. The molecule has 0 amide bonds. The van der Waals surface area contributed by atoms with Crippen LogP contribution in [-0.2, 0) is 13.0 Å². The summed E-state index contributed by atoms with van der Waals surface area (Å²) in [6.45, 7) is 2.97. The van der Waals surface area contributed by atoms with Crippen LogP contribution in [0.2, 0.25) is 0 Å². The van der Waals surface area contributed by atoms with Crippen molar-refractivity contribution >= 4 is 34.0 Å². The average molecular weight is 321 g/mol. The molecule has 0 aliphatic heterocycles. The van der Waals surface area contributed by atoms with E-state index in [2.05, 4.69) is 52.3 Å². The summed E-state index contributed by atoms with van der Waals surface area (Å²) < 4.78 is 0. The second-order valence-electron chi connectivity index (χ2n) is 4.59. The molecule has 0 spiro atoms. The van der Waals surface area contributed by atoms with E-state index in [-0.39, 0.29) is 0 Å². The highest BCUT2D eigenvalue weighted by molar-refractivity contribution is 7.10. The number of thiophene rings is 2. The molecule has 0 saturated heterocycles. The summed E-state index contributed by atoms with van der Waals surface area (Å²) in [5.41, 5.74) is 3.06. The summed E-state index contributed by atoms with van der Waals surface area (Å²) in [6.07, 6.45) is 1.05. The van der Waals surface area contributed by atoms with Crippen LogP contribution in [0.5, 0.6) is 0 Å². The monoisotopic (exact) mass is 320 g/mol. The molecule has 0 aromatic carbocycles. The maximum absolute atomic E-state index is 4.32. The fourth-order valence-electron chi connectivity index (χ4n) is 2.10. The second-order valence-corrected chi connectivity index (χ2v) is 7.54. The van der Waals surface area contributed by atoms with E-state index >= 15 is 0 Å². The Morgan fingerprint density at radius 3 is 2.65 bits per heavy atom. The lowest BCUT2D eigenvalue weighted by Gasteiger charge is -2.16. The zero-order valence-electron chi connectivity index (χ0n) is 11.2. The van der Waals surface area contributed by atoms with Crippen molar-refractivity contribution < 1.29 is 0 Å². The van der Waals surface area contributed by atoms with Crippen LogP contribution in [0.15, 0.2) is 40.5 Å². The Labute approximate surface area is 131 Å². The van der Waals surface area contributed by atoms with E-state index in [1.165, 1.54) is 14.6 Å². The Balaban J connectivity index is 1.71. The lowest BCUT2D eigenvalue weighted by molar-refractivity contribution is 0.543. The van der Waals surface area contributed by atoms with Crippen LogP contribution < -0.4 is 5.32 Å². The largest absolute Gasteiger partial charge is 0.304 e. The van der Waals surface area contributed by atoms with E-state index < -0.39 is 0 Å².